The second kappa shape index (κ2) is 5.72. The minimum atomic E-state index is -0.499. The molecule has 0 aromatic heterocycles. The molecule has 2 fully saturated rings. The summed E-state index contributed by atoms with van der Waals surface area (Å²) < 4.78 is 13.9. The molecule has 0 radical (unpaired) electrons. The molecule has 3 nitrogen and oxygen atoms in total. The van der Waals surface area contributed by atoms with Gasteiger partial charge in [0.15, 0.2) is 0 Å². The summed E-state index contributed by atoms with van der Waals surface area (Å²) in [6, 6.07) is 4.40. The second-order valence-corrected chi connectivity index (χ2v) is 6.69. The van der Waals surface area contributed by atoms with E-state index < -0.39 is 5.82 Å². The lowest BCUT2D eigenvalue weighted by atomic mass is 9.86. The Morgan fingerprint density at radius 2 is 2.19 bits per heavy atom. The number of halogens is 1. The minimum absolute atomic E-state index is 0.102. The first-order chi connectivity index (χ1) is 10.0. The number of fused-ring (bicyclic) bond motifs is 2. The van der Waals surface area contributed by atoms with Crippen molar-refractivity contribution < 1.29 is 9.18 Å². The maximum Gasteiger partial charge on any atom is 0.224 e. The molecule has 3 unspecified atom stereocenters. The fourth-order valence-electron chi connectivity index (χ4n) is 3.84. The molecule has 2 aliphatic rings. The number of benzene rings is 1. The van der Waals surface area contributed by atoms with Gasteiger partial charge in [0.2, 0.25) is 5.91 Å². The highest BCUT2D eigenvalue weighted by atomic mass is 32.1. The van der Waals surface area contributed by atoms with E-state index >= 15 is 0 Å². The third-order valence-electron chi connectivity index (χ3n) is 4.86. The van der Waals surface area contributed by atoms with Gasteiger partial charge >= 0.3 is 0 Å². The number of rotatable bonds is 4. The van der Waals surface area contributed by atoms with E-state index in [1.165, 1.54) is 31.4 Å². The van der Waals surface area contributed by atoms with Crippen LogP contribution in [0.5, 0.6) is 0 Å². The van der Waals surface area contributed by atoms with E-state index in [0.29, 0.717) is 23.8 Å². The molecule has 3 atom stereocenters. The summed E-state index contributed by atoms with van der Waals surface area (Å²) in [6.45, 7) is 0. The van der Waals surface area contributed by atoms with Gasteiger partial charge in [-0.15, -0.1) is 0 Å². The van der Waals surface area contributed by atoms with E-state index in [1.807, 2.05) is 0 Å². The first kappa shape index (κ1) is 14.4. The summed E-state index contributed by atoms with van der Waals surface area (Å²) in [6.07, 6.45) is 5.49. The largest absolute Gasteiger partial charge is 0.389 e. The molecule has 3 rings (SSSR count). The lowest BCUT2D eigenvalue weighted by Crippen LogP contribution is -2.21. The number of carbonyl (C=O) groups excluding carboxylic acids is 1. The number of nitrogens with one attached hydrogen (secondary N) is 1. The van der Waals surface area contributed by atoms with Crippen LogP contribution in [0.15, 0.2) is 18.2 Å². The molecule has 0 aliphatic heterocycles. The Hall–Kier alpha value is -1.49. The van der Waals surface area contributed by atoms with Crippen molar-refractivity contribution in [3.8, 4) is 0 Å². The van der Waals surface area contributed by atoms with Gasteiger partial charge in [-0.05, 0) is 55.2 Å². The van der Waals surface area contributed by atoms with Crippen molar-refractivity contribution in [2.75, 3.05) is 5.32 Å². The number of carbonyl (C=O) groups is 1. The number of anilines is 1. The van der Waals surface area contributed by atoms with Gasteiger partial charge in [0.25, 0.3) is 0 Å². The van der Waals surface area contributed by atoms with Crippen molar-refractivity contribution >= 4 is 28.8 Å². The van der Waals surface area contributed by atoms with Crippen LogP contribution < -0.4 is 11.1 Å². The van der Waals surface area contributed by atoms with E-state index in [1.54, 1.807) is 6.07 Å². The fourth-order valence-corrected chi connectivity index (χ4v) is 3.96. The van der Waals surface area contributed by atoms with Crippen LogP contribution >= 0.6 is 12.2 Å². The Morgan fingerprint density at radius 1 is 1.38 bits per heavy atom. The van der Waals surface area contributed by atoms with E-state index in [2.05, 4.69) is 5.32 Å². The molecule has 0 saturated heterocycles. The molecule has 2 bridgehead atoms. The fraction of sp³-hybridized carbons (Fsp3) is 0.500. The van der Waals surface area contributed by atoms with Crippen molar-refractivity contribution in [1.29, 1.82) is 0 Å². The predicted molar refractivity (Wildman–Crippen MR) is 84.5 cm³/mol. The molecular formula is C16H19FN2OS. The molecule has 1 aromatic carbocycles. The van der Waals surface area contributed by atoms with Gasteiger partial charge in [-0.2, -0.15) is 0 Å². The minimum Gasteiger partial charge on any atom is -0.389 e. The van der Waals surface area contributed by atoms with Crippen LogP contribution in [-0.4, -0.2) is 10.9 Å². The highest BCUT2D eigenvalue weighted by molar-refractivity contribution is 7.80. The third-order valence-corrected chi connectivity index (χ3v) is 5.10. The Balaban J connectivity index is 1.61. The van der Waals surface area contributed by atoms with Crippen LogP contribution in [0.3, 0.4) is 0 Å². The number of hydrogen-bond donors (Lipinski definition) is 2. The van der Waals surface area contributed by atoms with Gasteiger partial charge in [-0.3, -0.25) is 4.79 Å². The zero-order valence-corrected chi connectivity index (χ0v) is 12.6. The molecule has 2 aliphatic carbocycles. The molecule has 0 heterocycles. The van der Waals surface area contributed by atoms with E-state index in [9.17, 15) is 9.18 Å². The summed E-state index contributed by atoms with van der Waals surface area (Å²) in [5, 5.41) is 2.66. The van der Waals surface area contributed by atoms with E-state index in [4.69, 9.17) is 18.0 Å². The standard InChI is InChI=1S/C16H19FN2OS/c17-13-7-11(16(18)21)3-4-14(13)19-15(20)8-12-6-9-1-2-10(12)5-9/h3-4,7,9-10,12H,1-2,5-6,8H2,(H2,18,21)(H,19,20). The van der Waals surface area contributed by atoms with Gasteiger partial charge in [0.1, 0.15) is 10.8 Å². The molecule has 3 N–H and O–H groups in total. The van der Waals surface area contributed by atoms with Crippen LogP contribution in [0.2, 0.25) is 0 Å². The Bertz CT molecular complexity index is 590. The normalized spacial score (nSPS) is 26.8. The average molecular weight is 306 g/mol. The summed E-state index contributed by atoms with van der Waals surface area (Å²) >= 11 is 4.80. The van der Waals surface area contributed by atoms with Crippen LogP contribution in [-0.2, 0) is 4.79 Å². The number of thiocarbonyl (C=S) groups is 1. The smallest absolute Gasteiger partial charge is 0.224 e. The van der Waals surface area contributed by atoms with Crippen LogP contribution in [0.25, 0.3) is 0 Å². The Kier molecular flexibility index (Phi) is 3.93. The van der Waals surface area contributed by atoms with Gasteiger partial charge in [0.05, 0.1) is 5.69 Å². The van der Waals surface area contributed by atoms with Crippen molar-refractivity contribution in [3.05, 3.63) is 29.6 Å². The first-order valence-electron chi connectivity index (χ1n) is 7.42. The van der Waals surface area contributed by atoms with Gasteiger partial charge in [-0.25, -0.2) is 4.39 Å². The second-order valence-electron chi connectivity index (χ2n) is 6.25. The van der Waals surface area contributed by atoms with E-state index in [0.717, 1.165) is 12.3 Å². The monoisotopic (exact) mass is 306 g/mol. The molecule has 21 heavy (non-hydrogen) atoms. The topological polar surface area (TPSA) is 55.1 Å². The lowest BCUT2D eigenvalue weighted by molar-refractivity contribution is -0.117. The lowest BCUT2D eigenvalue weighted by Gasteiger charge is -2.21. The number of nitrogens with two attached hydrogens (primary N) is 1. The molecule has 5 heteroatoms. The van der Waals surface area contributed by atoms with Crippen LogP contribution in [0, 0.1) is 23.6 Å². The predicted octanol–water partition coefficient (Wildman–Crippen LogP) is 3.22. The van der Waals surface area contributed by atoms with Gasteiger partial charge in [-0.1, -0.05) is 18.6 Å². The molecule has 0 spiro atoms. The molecular weight excluding hydrogens is 287 g/mol. The van der Waals surface area contributed by atoms with Crippen molar-refractivity contribution in [2.45, 2.75) is 32.1 Å². The zero-order chi connectivity index (χ0) is 15.0. The quantitative estimate of drug-likeness (QED) is 0.840. The maximum atomic E-state index is 13.9. The van der Waals surface area contributed by atoms with Crippen LogP contribution in [0.4, 0.5) is 10.1 Å². The summed E-state index contributed by atoms with van der Waals surface area (Å²) in [5.74, 6) is 1.38. The van der Waals surface area contributed by atoms with Gasteiger partial charge in [0, 0.05) is 12.0 Å². The highest BCUT2D eigenvalue weighted by Gasteiger charge is 2.40. The van der Waals surface area contributed by atoms with Crippen molar-refractivity contribution in [2.24, 2.45) is 23.5 Å². The molecule has 2 saturated carbocycles. The summed E-state index contributed by atoms with van der Waals surface area (Å²) in [5.41, 5.74) is 6.12. The first-order valence-corrected chi connectivity index (χ1v) is 7.83. The average Bonchev–Trinajstić information content (AvgIpc) is 3.03. The summed E-state index contributed by atoms with van der Waals surface area (Å²) in [4.78, 5) is 12.2. The third kappa shape index (κ3) is 3.07. The number of hydrogen-bond acceptors (Lipinski definition) is 2. The van der Waals surface area contributed by atoms with Crippen molar-refractivity contribution in [1.82, 2.24) is 0 Å². The van der Waals surface area contributed by atoms with Crippen molar-refractivity contribution in [3.63, 3.8) is 0 Å². The molecule has 1 amide bonds. The Morgan fingerprint density at radius 3 is 2.76 bits per heavy atom. The zero-order valence-electron chi connectivity index (χ0n) is 11.8. The highest BCUT2D eigenvalue weighted by Crippen LogP contribution is 2.49. The Labute approximate surface area is 129 Å². The van der Waals surface area contributed by atoms with E-state index in [-0.39, 0.29) is 16.6 Å². The molecule has 1 aromatic rings. The van der Waals surface area contributed by atoms with Crippen LogP contribution in [0.1, 0.15) is 37.7 Å². The maximum absolute atomic E-state index is 13.9. The van der Waals surface area contributed by atoms with Gasteiger partial charge < -0.3 is 11.1 Å². The SMILES string of the molecule is NC(=S)c1ccc(NC(=O)CC2CC3CCC2C3)c(F)c1. The molecule has 112 valence electrons. The summed E-state index contributed by atoms with van der Waals surface area (Å²) in [7, 11) is 0. The number of amides is 1.